The molecule has 1 amide bonds. The molecule has 9 heteroatoms. The van der Waals surface area contributed by atoms with E-state index in [1.165, 1.54) is 0 Å². The van der Waals surface area contributed by atoms with Gasteiger partial charge in [-0.1, -0.05) is 53.8 Å². The van der Waals surface area contributed by atoms with Crippen LogP contribution in [0.5, 0.6) is 0 Å². The van der Waals surface area contributed by atoms with Crippen molar-refractivity contribution in [3.05, 3.63) is 59.5 Å². The zero-order valence-electron chi connectivity index (χ0n) is 18.7. The number of aromatic nitrogens is 2. The van der Waals surface area contributed by atoms with E-state index in [-0.39, 0.29) is 18.4 Å². The van der Waals surface area contributed by atoms with Crippen molar-refractivity contribution >= 4 is 45.5 Å². The maximum Gasteiger partial charge on any atom is 0.350 e. The molecule has 0 saturated carbocycles. The third-order valence-electron chi connectivity index (χ3n) is 5.78. The molecule has 4 aromatic rings. The van der Waals surface area contributed by atoms with Crippen LogP contribution < -0.4 is 10.2 Å². The lowest BCUT2D eigenvalue weighted by Gasteiger charge is -2.29. The standard InChI is InChI=1S/C25H24N4O4S/c1-2-32-23(31)21-20(16-8-4-3-5-9-16)27-24(34-21)28-22(30)17-12-14-29(15-13-17)25-26-18-10-6-7-11-19(18)33-25/h3-11,17H,2,12-15H2,1H3,(H,27,28,30). The van der Waals surface area contributed by atoms with Crippen molar-refractivity contribution in [1.82, 2.24) is 9.97 Å². The zero-order chi connectivity index (χ0) is 23.5. The SMILES string of the molecule is CCOC(=O)c1sc(NC(=O)C2CCN(c3nc4ccccc4o3)CC2)nc1-c1ccccc1. The smallest absolute Gasteiger partial charge is 0.350 e. The predicted molar refractivity (Wildman–Crippen MR) is 131 cm³/mol. The van der Waals surface area contributed by atoms with Gasteiger partial charge in [-0.15, -0.1) is 0 Å². The number of thiazole rings is 1. The summed E-state index contributed by atoms with van der Waals surface area (Å²) < 4.78 is 11.1. The van der Waals surface area contributed by atoms with E-state index in [0.717, 1.165) is 28.0 Å². The van der Waals surface area contributed by atoms with Crippen LogP contribution in [0.3, 0.4) is 0 Å². The summed E-state index contributed by atoms with van der Waals surface area (Å²) in [6.45, 7) is 3.38. The third kappa shape index (κ3) is 4.51. The Kier molecular flexibility index (Phi) is 6.27. The van der Waals surface area contributed by atoms with E-state index >= 15 is 0 Å². The second-order valence-electron chi connectivity index (χ2n) is 8.00. The first-order chi connectivity index (χ1) is 16.6. The number of benzene rings is 2. The fraction of sp³-hybridized carbons (Fsp3) is 0.280. The maximum absolute atomic E-state index is 13.0. The van der Waals surface area contributed by atoms with Crippen LogP contribution in [0.4, 0.5) is 11.1 Å². The van der Waals surface area contributed by atoms with E-state index in [2.05, 4.69) is 20.2 Å². The van der Waals surface area contributed by atoms with Crippen molar-refractivity contribution in [1.29, 1.82) is 0 Å². The average Bonchev–Trinajstić information content (AvgIpc) is 3.49. The Labute approximate surface area is 200 Å². The van der Waals surface area contributed by atoms with Crippen LogP contribution >= 0.6 is 11.3 Å². The van der Waals surface area contributed by atoms with Crippen molar-refractivity contribution in [3.63, 3.8) is 0 Å². The number of carbonyl (C=O) groups excluding carboxylic acids is 2. The Morgan fingerprint density at radius 1 is 1.09 bits per heavy atom. The molecule has 3 heterocycles. The number of amides is 1. The molecule has 0 unspecified atom stereocenters. The van der Waals surface area contributed by atoms with Crippen LogP contribution in [0.25, 0.3) is 22.4 Å². The number of esters is 1. The fourth-order valence-corrected chi connectivity index (χ4v) is 4.92. The van der Waals surface area contributed by atoms with Gasteiger partial charge in [0, 0.05) is 24.6 Å². The van der Waals surface area contributed by atoms with Crippen LogP contribution in [0.15, 0.2) is 59.0 Å². The Balaban J connectivity index is 1.27. The van der Waals surface area contributed by atoms with Crippen LogP contribution in [0, 0.1) is 5.92 Å². The normalized spacial score (nSPS) is 14.3. The molecule has 2 aromatic carbocycles. The number of carbonyl (C=O) groups is 2. The quantitative estimate of drug-likeness (QED) is 0.392. The molecular weight excluding hydrogens is 452 g/mol. The van der Waals surface area contributed by atoms with E-state index < -0.39 is 5.97 Å². The summed E-state index contributed by atoms with van der Waals surface area (Å²) in [6, 6.07) is 17.7. The molecule has 0 aliphatic carbocycles. The minimum Gasteiger partial charge on any atom is -0.462 e. The molecule has 0 radical (unpaired) electrons. The van der Waals surface area contributed by atoms with Gasteiger partial charge in [0.1, 0.15) is 10.4 Å². The molecule has 1 fully saturated rings. The molecule has 0 spiro atoms. The number of hydrogen-bond donors (Lipinski definition) is 1. The Bertz CT molecular complexity index is 1280. The van der Waals surface area contributed by atoms with E-state index in [4.69, 9.17) is 9.15 Å². The van der Waals surface area contributed by atoms with Crippen molar-refractivity contribution in [2.24, 2.45) is 5.92 Å². The molecule has 0 bridgehead atoms. The van der Waals surface area contributed by atoms with E-state index in [0.29, 0.717) is 47.6 Å². The molecule has 5 rings (SSSR count). The summed E-state index contributed by atoms with van der Waals surface area (Å²) >= 11 is 1.14. The third-order valence-corrected chi connectivity index (χ3v) is 6.74. The summed E-state index contributed by atoms with van der Waals surface area (Å²) in [6.07, 6.45) is 1.35. The van der Waals surface area contributed by atoms with Gasteiger partial charge < -0.3 is 19.4 Å². The fourth-order valence-electron chi connectivity index (χ4n) is 4.04. The maximum atomic E-state index is 13.0. The average molecular weight is 477 g/mol. The molecule has 0 atom stereocenters. The lowest BCUT2D eigenvalue weighted by Crippen LogP contribution is -2.38. The number of nitrogens with zero attached hydrogens (tertiary/aromatic N) is 3. The van der Waals surface area contributed by atoms with Gasteiger partial charge in [0.15, 0.2) is 10.7 Å². The van der Waals surface area contributed by atoms with Gasteiger partial charge in [0.05, 0.1) is 12.3 Å². The van der Waals surface area contributed by atoms with Crippen LogP contribution in [0.1, 0.15) is 29.4 Å². The Hall–Kier alpha value is -3.72. The lowest BCUT2D eigenvalue weighted by molar-refractivity contribution is -0.120. The highest BCUT2D eigenvalue weighted by Gasteiger charge is 2.29. The highest BCUT2D eigenvalue weighted by Crippen LogP contribution is 2.33. The molecule has 8 nitrogen and oxygen atoms in total. The van der Waals surface area contributed by atoms with Crippen molar-refractivity contribution < 1.29 is 18.7 Å². The Morgan fingerprint density at radius 2 is 1.82 bits per heavy atom. The largest absolute Gasteiger partial charge is 0.462 e. The number of fused-ring (bicyclic) bond motifs is 1. The summed E-state index contributed by atoms with van der Waals surface area (Å²) in [5.41, 5.74) is 2.90. The number of anilines is 2. The van der Waals surface area contributed by atoms with Gasteiger partial charge in [0.25, 0.3) is 6.01 Å². The first kappa shape index (κ1) is 22.1. The summed E-state index contributed by atoms with van der Waals surface area (Å²) in [4.78, 5) is 37.0. The monoisotopic (exact) mass is 476 g/mol. The van der Waals surface area contributed by atoms with Gasteiger partial charge in [-0.2, -0.15) is 4.98 Å². The molecular formula is C25H24N4O4S. The number of rotatable bonds is 6. The van der Waals surface area contributed by atoms with Crippen LogP contribution in [0.2, 0.25) is 0 Å². The lowest BCUT2D eigenvalue weighted by atomic mass is 9.96. The first-order valence-electron chi connectivity index (χ1n) is 11.3. The minimum atomic E-state index is -0.439. The second-order valence-corrected chi connectivity index (χ2v) is 9.00. The predicted octanol–water partition coefficient (Wildman–Crippen LogP) is 4.98. The van der Waals surface area contributed by atoms with Gasteiger partial charge in [-0.05, 0) is 31.9 Å². The number of nitrogens with one attached hydrogen (secondary N) is 1. The highest BCUT2D eigenvalue weighted by atomic mass is 32.1. The van der Waals surface area contributed by atoms with Gasteiger partial charge >= 0.3 is 5.97 Å². The summed E-state index contributed by atoms with van der Waals surface area (Å²) in [5.74, 6) is -0.692. The van der Waals surface area contributed by atoms with Crippen molar-refractivity contribution in [2.45, 2.75) is 19.8 Å². The molecule has 34 heavy (non-hydrogen) atoms. The number of piperidine rings is 1. The molecule has 1 N–H and O–H groups in total. The molecule has 1 saturated heterocycles. The zero-order valence-corrected chi connectivity index (χ0v) is 19.5. The van der Waals surface area contributed by atoms with E-state index in [1.807, 2.05) is 54.6 Å². The number of hydrogen-bond acceptors (Lipinski definition) is 8. The number of para-hydroxylation sites is 2. The van der Waals surface area contributed by atoms with E-state index in [1.54, 1.807) is 6.92 Å². The molecule has 1 aliphatic rings. The summed E-state index contributed by atoms with van der Waals surface area (Å²) in [5, 5.41) is 3.31. The summed E-state index contributed by atoms with van der Waals surface area (Å²) in [7, 11) is 0. The number of ether oxygens (including phenoxy) is 1. The van der Waals surface area contributed by atoms with Crippen molar-refractivity contribution in [3.8, 4) is 11.3 Å². The van der Waals surface area contributed by atoms with Gasteiger partial charge in [0.2, 0.25) is 5.91 Å². The minimum absolute atomic E-state index is 0.0963. The highest BCUT2D eigenvalue weighted by molar-refractivity contribution is 7.18. The van der Waals surface area contributed by atoms with Crippen LogP contribution in [-0.4, -0.2) is 41.5 Å². The first-order valence-corrected chi connectivity index (χ1v) is 12.1. The molecule has 2 aromatic heterocycles. The van der Waals surface area contributed by atoms with Crippen LogP contribution in [-0.2, 0) is 9.53 Å². The van der Waals surface area contributed by atoms with E-state index in [9.17, 15) is 9.59 Å². The second kappa shape index (κ2) is 9.64. The topological polar surface area (TPSA) is 97.6 Å². The number of oxazole rings is 1. The van der Waals surface area contributed by atoms with Gasteiger partial charge in [-0.25, -0.2) is 9.78 Å². The Morgan fingerprint density at radius 3 is 2.56 bits per heavy atom. The van der Waals surface area contributed by atoms with Crippen molar-refractivity contribution in [2.75, 3.05) is 29.9 Å². The molecule has 1 aliphatic heterocycles. The van der Waals surface area contributed by atoms with Gasteiger partial charge in [-0.3, -0.25) is 4.79 Å². The molecule has 174 valence electrons.